The first-order valence-electron chi connectivity index (χ1n) is 6.65. The van der Waals surface area contributed by atoms with Gasteiger partial charge in [0.05, 0.1) is 24.2 Å². The molecule has 1 aromatic rings. The lowest BCUT2D eigenvalue weighted by Crippen LogP contribution is -2.21. The third-order valence-corrected chi connectivity index (χ3v) is 4.73. The van der Waals surface area contributed by atoms with Gasteiger partial charge < -0.3 is 9.74 Å². The number of hydrogen-bond donors (Lipinski definition) is 1. The second-order valence-electron chi connectivity index (χ2n) is 5.91. The summed E-state index contributed by atoms with van der Waals surface area (Å²) >= 11 is 0. The minimum absolute atomic E-state index is 0.282. The van der Waals surface area contributed by atoms with Gasteiger partial charge >= 0.3 is 0 Å². The summed E-state index contributed by atoms with van der Waals surface area (Å²) in [6, 6.07) is 2.55. The van der Waals surface area contributed by atoms with E-state index in [-0.39, 0.29) is 11.2 Å². The summed E-state index contributed by atoms with van der Waals surface area (Å²) in [5, 5.41) is 3.12. The van der Waals surface area contributed by atoms with Crippen molar-refractivity contribution in [3.63, 3.8) is 0 Å². The molecular weight excluding hydrogens is 259 g/mol. The van der Waals surface area contributed by atoms with Crippen molar-refractivity contribution in [1.29, 1.82) is 0 Å². The third kappa shape index (κ3) is 6.16. The molecule has 0 aliphatic heterocycles. The number of halogens is 1. The molecule has 0 aliphatic rings. The van der Waals surface area contributed by atoms with E-state index in [1.807, 2.05) is 6.92 Å². The van der Waals surface area contributed by atoms with Crippen LogP contribution in [0.4, 0.5) is 10.1 Å². The summed E-state index contributed by atoms with van der Waals surface area (Å²) in [6.45, 7) is 12.0. The average Bonchev–Trinajstić information content (AvgIpc) is 2.26. The van der Waals surface area contributed by atoms with Crippen LogP contribution in [0.25, 0.3) is 0 Å². The molecule has 107 valence electrons. The van der Waals surface area contributed by atoms with Gasteiger partial charge in [-0.2, -0.15) is 0 Å². The summed E-state index contributed by atoms with van der Waals surface area (Å²) in [7, 11) is -0.847. The zero-order chi connectivity index (χ0) is 14.5. The van der Waals surface area contributed by atoms with Crippen LogP contribution in [0.15, 0.2) is 12.3 Å². The molecule has 0 saturated heterocycles. The molecule has 0 saturated carbocycles. The molecule has 1 radical (unpaired) electrons. The number of nitrogens with one attached hydrogen (secondary N) is 1. The van der Waals surface area contributed by atoms with Crippen molar-refractivity contribution in [2.75, 3.05) is 11.9 Å². The lowest BCUT2D eigenvalue weighted by Gasteiger charge is -2.22. The molecular formula is C14H24FN2OSi. The Hall–Kier alpha value is -0.943. The van der Waals surface area contributed by atoms with Gasteiger partial charge in [0, 0.05) is 12.6 Å². The first-order valence-corrected chi connectivity index (χ1v) is 8.77. The number of pyridine rings is 1. The summed E-state index contributed by atoms with van der Waals surface area (Å²) in [5.74, 6) is -0.323. The highest BCUT2D eigenvalue weighted by atomic mass is 28.3. The molecule has 0 aromatic carbocycles. The highest BCUT2D eigenvalue weighted by Crippen LogP contribution is 2.23. The van der Waals surface area contributed by atoms with Gasteiger partial charge in [-0.25, -0.2) is 4.39 Å². The second kappa shape index (κ2) is 7.00. The zero-order valence-electron chi connectivity index (χ0n) is 12.5. The first kappa shape index (κ1) is 16.1. The predicted octanol–water partition coefficient (Wildman–Crippen LogP) is 3.84. The molecule has 1 heterocycles. The van der Waals surface area contributed by atoms with Crippen LogP contribution in [0.3, 0.4) is 0 Å². The standard InChI is InChI=1S/C14H24FN2OSi/c1-6-16-12-7-11(15)8-17-13(12)9-18-19(5)10-14(2,3)4/h7-8,16H,6,9-10H2,1-5H3. The van der Waals surface area contributed by atoms with Crippen molar-refractivity contribution in [1.82, 2.24) is 4.98 Å². The summed E-state index contributed by atoms with van der Waals surface area (Å²) in [4.78, 5) is 4.12. The molecule has 0 amide bonds. The molecule has 0 aliphatic carbocycles. The van der Waals surface area contributed by atoms with E-state index < -0.39 is 9.04 Å². The summed E-state index contributed by atoms with van der Waals surface area (Å²) in [6.07, 6.45) is 1.24. The van der Waals surface area contributed by atoms with Gasteiger partial charge in [0.25, 0.3) is 0 Å². The van der Waals surface area contributed by atoms with Crippen molar-refractivity contribution < 1.29 is 8.82 Å². The first-order chi connectivity index (χ1) is 8.81. The molecule has 0 atom stereocenters. The fraction of sp³-hybridized carbons (Fsp3) is 0.643. The van der Waals surface area contributed by atoms with E-state index in [2.05, 4.69) is 37.6 Å². The van der Waals surface area contributed by atoms with E-state index in [4.69, 9.17) is 4.43 Å². The predicted molar refractivity (Wildman–Crippen MR) is 79.0 cm³/mol. The summed E-state index contributed by atoms with van der Waals surface area (Å²) in [5.41, 5.74) is 1.79. The van der Waals surface area contributed by atoms with Gasteiger partial charge in [-0.1, -0.05) is 20.8 Å². The Kier molecular flexibility index (Phi) is 5.94. The van der Waals surface area contributed by atoms with Crippen molar-refractivity contribution in [3.05, 3.63) is 23.8 Å². The van der Waals surface area contributed by atoms with Crippen molar-refractivity contribution >= 4 is 14.7 Å². The minimum Gasteiger partial charge on any atom is -0.411 e. The number of nitrogens with zero attached hydrogens (tertiary/aromatic N) is 1. The number of rotatable bonds is 6. The molecule has 0 fully saturated rings. The number of anilines is 1. The molecule has 1 rings (SSSR count). The average molecular weight is 283 g/mol. The van der Waals surface area contributed by atoms with Crippen LogP contribution in [0.2, 0.25) is 12.6 Å². The molecule has 3 nitrogen and oxygen atoms in total. The maximum atomic E-state index is 13.2. The van der Waals surface area contributed by atoms with E-state index >= 15 is 0 Å². The van der Waals surface area contributed by atoms with Crippen LogP contribution in [0.1, 0.15) is 33.4 Å². The lowest BCUT2D eigenvalue weighted by atomic mass is 10.0. The van der Waals surface area contributed by atoms with Crippen molar-refractivity contribution in [2.24, 2.45) is 5.41 Å². The van der Waals surface area contributed by atoms with Gasteiger partial charge in [-0.05, 0) is 24.9 Å². The van der Waals surface area contributed by atoms with E-state index in [1.54, 1.807) is 0 Å². The van der Waals surface area contributed by atoms with Crippen LogP contribution in [-0.4, -0.2) is 20.6 Å². The Morgan fingerprint density at radius 1 is 1.42 bits per heavy atom. The fourth-order valence-corrected chi connectivity index (χ4v) is 3.89. The Labute approximate surface area is 117 Å². The zero-order valence-corrected chi connectivity index (χ0v) is 13.5. The largest absolute Gasteiger partial charge is 0.411 e. The van der Waals surface area contributed by atoms with E-state index in [0.717, 1.165) is 24.0 Å². The summed E-state index contributed by atoms with van der Waals surface area (Å²) < 4.78 is 19.1. The Bertz CT molecular complexity index is 407. The fourth-order valence-electron chi connectivity index (χ4n) is 1.92. The normalized spacial score (nSPS) is 11.9. The van der Waals surface area contributed by atoms with Crippen LogP contribution in [0.5, 0.6) is 0 Å². The minimum atomic E-state index is -0.847. The quantitative estimate of drug-likeness (QED) is 0.806. The third-order valence-electron chi connectivity index (χ3n) is 2.54. The van der Waals surface area contributed by atoms with Gasteiger partial charge in [-0.15, -0.1) is 0 Å². The molecule has 19 heavy (non-hydrogen) atoms. The number of aromatic nitrogens is 1. The molecule has 0 bridgehead atoms. The van der Waals surface area contributed by atoms with E-state index in [0.29, 0.717) is 6.61 Å². The van der Waals surface area contributed by atoms with Crippen molar-refractivity contribution in [2.45, 2.75) is 46.9 Å². The maximum absolute atomic E-state index is 13.2. The van der Waals surface area contributed by atoms with Gasteiger partial charge in [0.15, 0.2) is 0 Å². The second-order valence-corrected chi connectivity index (χ2v) is 7.95. The molecule has 1 N–H and O–H groups in total. The molecule has 0 unspecified atom stereocenters. The Morgan fingerprint density at radius 3 is 2.68 bits per heavy atom. The maximum Gasteiger partial charge on any atom is 0.209 e. The SMILES string of the molecule is CCNc1cc(F)cnc1CO[Si](C)CC(C)(C)C. The highest BCUT2D eigenvalue weighted by molar-refractivity contribution is 6.50. The molecule has 5 heteroatoms. The molecule has 0 spiro atoms. The topological polar surface area (TPSA) is 34.2 Å². The Morgan fingerprint density at radius 2 is 2.11 bits per heavy atom. The Balaban J connectivity index is 2.62. The highest BCUT2D eigenvalue weighted by Gasteiger charge is 2.18. The van der Waals surface area contributed by atoms with Crippen LogP contribution in [0, 0.1) is 11.2 Å². The van der Waals surface area contributed by atoms with Gasteiger partial charge in [-0.3, -0.25) is 4.98 Å². The molecule has 1 aromatic heterocycles. The van der Waals surface area contributed by atoms with Crippen LogP contribution < -0.4 is 5.32 Å². The smallest absolute Gasteiger partial charge is 0.209 e. The van der Waals surface area contributed by atoms with Gasteiger partial charge in [0.1, 0.15) is 5.82 Å². The monoisotopic (exact) mass is 283 g/mol. The van der Waals surface area contributed by atoms with Crippen LogP contribution >= 0.6 is 0 Å². The van der Waals surface area contributed by atoms with Crippen LogP contribution in [-0.2, 0) is 11.0 Å². The lowest BCUT2D eigenvalue weighted by molar-refractivity contribution is 0.293. The van der Waals surface area contributed by atoms with Gasteiger partial charge in [0.2, 0.25) is 9.04 Å². The van der Waals surface area contributed by atoms with E-state index in [1.165, 1.54) is 12.3 Å². The van der Waals surface area contributed by atoms with Crippen molar-refractivity contribution in [3.8, 4) is 0 Å². The van der Waals surface area contributed by atoms with E-state index in [9.17, 15) is 4.39 Å². The number of hydrogen-bond acceptors (Lipinski definition) is 3.